The first-order chi connectivity index (χ1) is 9.78. The molecule has 0 aromatic carbocycles. The summed E-state index contributed by atoms with van der Waals surface area (Å²) in [5.74, 6) is 1.32. The van der Waals surface area contributed by atoms with Crippen molar-refractivity contribution in [1.82, 2.24) is 15.1 Å². The number of nitrogens with two attached hydrogens (primary N) is 1. The molecule has 0 amide bonds. The SMILES string of the molecule is Cc1cc(-c2noc(C(CN)CC(C)(C)C)n2)cc(C)n1. The monoisotopic (exact) mass is 288 g/mol. The highest BCUT2D eigenvalue weighted by atomic mass is 16.5. The van der Waals surface area contributed by atoms with Gasteiger partial charge in [-0.1, -0.05) is 25.9 Å². The Morgan fingerprint density at radius 3 is 2.29 bits per heavy atom. The van der Waals surface area contributed by atoms with Gasteiger partial charge in [-0.3, -0.25) is 4.98 Å². The van der Waals surface area contributed by atoms with Crippen LogP contribution in [-0.2, 0) is 0 Å². The van der Waals surface area contributed by atoms with Gasteiger partial charge in [0, 0.05) is 23.5 Å². The molecule has 2 heterocycles. The Morgan fingerprint density at radius 2 is 1.76 bits per heavy atom. The largest absolute Gasteiger partial charge is 0.339 e. The van der Waals surface area contributed by atoms with E-state index in [-0.39, 0.29) is 11.3 Å². The first kappa shape index (κ1) is 15.6. The second kappa shape index (κ2) is 5.93. The zero-order valence-corrected chi connectivity index (χ0v) is 13.5. The second-order valence-corrected chi connectivity index (χ2v) is 6.79. The summed E-state index contributed by atoms with van der Waals surface area (Å²) in [6.45, 7) is 11.0. The molecule has 5 heteroatoms. The van der Waals surface area contributed by atoms with Crippen molar-refractivity contribution < 1.29 is 4.52 Å². The minimum Gasteiger partial charge on any atom is -0.339 e. The molecule has 2 aromatic rings. The normalized spacial score (nSPS) is 13.4. The van der Waals surface area contributed by atoms with E-state index in [1.54, 1.807) is 0 Å². The molecular weight excluding hydrogens is 264 g/mol. The zero-order chi connectivity index (χ0) is 15.6. The maximum atomic E-state index is 5.87. The fourth-order valence-electron chi connectivity index (χ4n) is 2.49. The Bertz CT molecular complexity index is 593. The van der Waals surface area contributed by atoms with Gasteiger partial charge in [0.25, 0.3) is 0 Å². The first-order valence-corrected chi connectivity index (χ1v) is 7.28. The predicted molar refractivity (Wildman–Crippen MR) is 82.9 cm³/mol. The lowest BCUT2D eigenvalue weighted by atomic mass is 9.84. The molecule has 0 aliphatic heterocycles. The Labute approximate surface area is 126 Å². The standard InChI is InChI=1S/C16H24N4O/c1-10-6-12(7-11(2)18-10)14-19-15(21-20-14)13(9-17)8-16(3,4)5/h6-7,13H,8-9,17H2,1-5H3. The Kier molecular flexibility index (Phi) is 4.42. The van der Waals surface area contributed by atoms with Gasteiger partial charge in [0.05, 0.1) is 5.92 Å². The smallest absolute Gasteiger partial charge is 0.231 e. The van der Waals surface area contributed by atoms with Gasteiger partial charge in [-0.25, -0.2) is 0 Å². The van der Waals surface area contributed by atoms with E-state index < -0.39 is 0 Å². The van der Waals surface area contributed by atoms with Crippen LogP contribution >= 0.6 is 0 Å². The predicted octanol–water partition coefficient (Wildman–Crippen LogP) is 3.23. The fourth-order valence-corrected chi connectivity index (χ4v) is 2.49. The maximum absolute atomic E-state index is 5.87. The minimum atomic E-state index is 0.0929. The van der Waals surface area contributed by atoms with Crippen molar-refractivity contribution in [3.63, 3.8) is 0 Å². The van der Waals surface area contributed by atoms with Crippen molar-refractivity contribution in [2.75, 3.05) is 6.54 Å². The van der Waals surface area contributed by atoms with Crippen LogP contribution in [0.1, 0.15) is 50.4 Å². The van der Waals surface area contributed by atoms with E-state index in [0.29, 0.717) is 18.3 Å². The van der Waals surface area contributed by atoms with Gasteiger partial charge in [-0.05, 0) is 37.8 Å². The molecule has 21 heavy (non-hydrogen) atoms. The zero-order valence-electron chi connectivity index (χ0n) is 13.5. The van der Waals surface area contributed by atoms with Gasteiger partial charge in [-0.15, -0.1) is 0 Å². The summed E-state index contributed by atoms with van der Waals surface area (Å²) < 4.78 is 5.44. The van der Waals surface area contributed by atoms with Gasteiger partial charge in [-0.2, -0.15) is 4.98 Å². The van der Waals surface area contributed by atoms with Crippen LogP contribution in [0.15, 0.2) is 16.7 Å². The van der Waals surface area contributed by atoms with E-state index in [1.165, 1.54) is 0 Å². The van der Waals surface area contributed by atoms with Gasteiger partial charge >= 0.3 is 0 Å². The Hall–Kier alpha value is -1.75. The molecule has 0 aliphatic rings. The van der Waals surface area contributed by atoms with Crippen molar-refractivity contribution in [3.8, 4) is 11.4 Å². The molecule has 0 saturated carbocycles. The van der Waals surface area contributed by atoms with E-state index >= 15 is 0 Å². The number of aryl methyl sites for hydroxylation is 2. The van der Waals surface area contributed by atoms with E-state index in [9.17, 15) is 0 Å². The minimum absolute atomic E-state index is 0.0929. The molecule has 5 nitrogen and oxygen atoms in total. The van der Waals surface area contributed by atoms with E-state index in [0.717, 1.165) is 23.4 Å². The third-order valence-corrected chi connectivity index (χ3v) is 3.27. The van der Waals surface area contributed by atoms with Crippen molar-refractivity contribution in [1.29, 1.82) is 0 Å². The van der Waals surface area contributed by atoms with Crippen LogP contribution in [0.25, 0.3) is 11.4 Å². The number of hydrogen-bond donors (Lipinski definition) is 1. The molecule has 0 aliphatic carbocycles. The molecule has 2 aromatic heterocycles. The molecule has 0 saturated heterocycles. The van der Waals surface area contributed by atoms with E-state index in [4.69, 9.17) is 10.3 Å². The quantitative estimate of drug-likeness (QED) is 0.934. The van der Waals surface area contributed by atoms with Crippen LogP contribution in [0.3, 0.4) is 0 Å². The summed E-state index contributed by atoms with van der Waals surface area (Å²) in [5.41, 5.74) is 8.86. The van der Waals surface area contributed by atoms with Crippen molar-refractivity contribution in [2.24, 2.45) is 11.1 Å². The van der Waals surface area contributed by atoms with Crippen LogP contribution in [0.2, 0.25) is 0 Å². The van der Waals surface area contributed by atoms with Gasteiger partial charge in [0.2, 0.25) is 11.7 Å². The summed E-state index contributed by atoms with van der Waals surface area (Å²) in [6.07, 6.45) is 0.916. The average molecular weight is 288 g/mol. The molecule has 0 radical (unpaired) electrons. The maximum Gasteiger partial charge on any atom is 0.231 e. The van der Waals surface area contributed by atoms with Crippen LogP contribution in [0, 0.1) is 19.3 Å². The van der Waals surface area contributed by atoms with Gasteiger partial charge < -0.3 is 10.3 Å². The molecule has 0 bridgehead atoms. The number of nitrogens with zero attached hydrogens (tertiary/aromatic N) is 3. The van der Waals surface area contributed by atoms with Gasteiger partial charge in [0.15, 0.2) is 0 Å². The Balaban J connectivity index is 2.28. The lowest BCUT2D eigenvalue weighted by Gasteiger charge is -2.22. The Morgan fingerprint density at radius 1 is 1.14 bits per heavy atom. The molecule has 2 N–H and O–H groups in total. The van der Waals surface area contributed by atoms with Crippen molar-refractivity contribution >= 4 is 0 Å². The highest BCUT2D eigenvalue weighted by Gasteiger charge is 2.24. The summed E-state index contributed by atoms with van der Waals surface area (Å²) in [7, 11) is 0. The molecular formula is C16H24N4O. The van der Waals surface area contributed by atoms with Crippen LogP contribution in [0.5, 0.6) is 0 Å². The van der Waals surface area contributed by atoms with Gasteiger partial charge in [0.1, 0.15) is 0 Å². The third kappa shape index (κ3) is 4.11. The fraction of sp³-hybridized carbons (Fsp3) is 0.562. The summed E-state index contributed by atoms with van der Waals surface area (Å²) in [4.78, 5) is 8.89. The average Bonchev–Trinajstić information content (AvgIpc) is 2.83. The topological polar surface area (TPSA) is 77.8 Å². The molecule has 1 unspecified atom stereocenters. The van der Waals surface area contributed by atoms with Crippen LogP contribution < -0.4 is 5.73 Å². The second-order valence-electron chi connectivity index (χ2n) is 6.79. The van der Waals surface area contributed by atoms with Crippen molar-refractivity contribution in [3.05, 3.63) is 29.4 Å². The van der Waals surface area contributed by atoms with Crippen LogP contribution in [0.4, 0.5) is 0 Å². The first-order valence-electron chi connectivity index (χ1n) is 7.28. The number of rotatable bonds is 4. The number of hydrogen-bond acceptors (Lipinski definition) is 5. The molecule has 0 spiro atoms. The van der Waals surface area contributed by atoms with Crippen molar-refractivity contribution in [2.45, 2.75) is 47.0 Å². The lowest BCUT2D eigenvalue weighted by molar-refractivity contribution is 0.287. The summed E-state index contributed by atoms with van der Waals surface area (Å²) >= 11 is 0. The number of pyridine rings is 1. The van der Waals surface area contributed by atoms with E-state index in [2.05, 4.69) is 35.9 Å². The summed E-state index contributed by atoms with van der Waals surface area (Å²) in [5, 5.41) is 4.10. The molecule has 1 atom stereocenters. The molecule has 0 fully saturated rings. The lowest BCUT2D eigenvalue weighted by Crippen LogP contribution is -2.19. The number of aromatic nitrogens is 3. The molecule has 2 rings (SSSR count). The van der Waals surface area contributed by atoms with E-state index in [1.807, 2.05) is 26.0 Å². The highest BCUT2D eigenvalue weighted by Crippen LogP contribution is 2.30. The highest BCUT2D eigenvalue weighted by molar-refractivity contribution is 5.55. The molecule has 114 valence electrons. The summed E-state index contributed by atoms with van der Waals surface area (Å²) in [6, 6.07) is 3.92. The third-order valence-electron chi connectivity index (χ3n) is 3.27. The van der Waals surface area contributed by atoms with Crippen LogP contribution in [-0.4, -0.2) is 21.7 Å².